The molecule has 0 radical (unpaired) electrons. The first-order valence-electron chi connectivity index (χ1n) is 6.65. The number of amides is 2. The van der Waals surface area contributed by atoms with Gasteiger partial charge in [0.1, 0.15) is 0 Å². The Kier molecular flexibility index (Phi) is 5.35. The van der Waals surface area contributed by atoms with Crippen LogP contribution in [0, 0.1) is 5.92 Å². The van der Waals surface area contributed by atoms with Gasteiger partial charge >= 0.3 is 0 Å². The van der Waals surface area contributed by atoms with Crippen molar-refractivity contribution in [2.75, 3.05) is 13.1 Å². The highest BCUT2D eigenvalue weighted by Crippen LogP contribution is 2.28. The van der Waals surface area contributed by atoms with Crippen LogP contribution < -0.4 is 10.6 Å². The van der Waals surface area contributed by atoms with Gasteiger partial charge in [-0.05, 0) is 30.5 Å². The van der Waals surface area contributed by atoms with Gasteiger partial charge in [-0.15, -0.1) is 0 Å². The number of benzene rings is 1. The van der Waals surface area contributed by atoms with Crippen molar-refractivity contribution in [3.8, 4) is 0 Å². The maximum atomic E-state index is 11.6. The highest BCUT2D eigenvalue weighted by molar-refractivity contribution is 9.10. The fraction of sp³-hybridized carbons (Fsp3) is 0.333. The molecule has 0 spiro atoms. The molecule has 1 aliphatic rings. The zero-order chi connectivity index (χ0) is 14.4. The fourth-order valence-electron chi connectivity index (χ4n) is 1.70. The van der Waals surface area contributed by atoms with Crippen LogP contribution in [0.5, 0.6) is 0 Å². The predicted octanol–water partition coefficient (Wildman–Crippen LogP) is 2.10. The quantitative estimate of drug-likeness (QED) is 0.617. The normalized spacial score (nSPS) is 14.2. The maximum absolute atomic E-state index is 11.6. The Balaban J connectivity index is 1.67. The predicted molar refractivity (Wildman–Crippen MR) is 81.9 cm³/mol. The van der Waals surface area contributed by atoms with Crippen molar-refractivity contribution in [2.24, 2.45) is 5.92 Å². The van der Waals surface area contributed by atoms with Gasteiger partial charge in [0.2, 0.25) is 11.8 Å². The summed E-state index contributed by atoms with van der Waals surface area (Å²) in [6.07, 6.45) is 5.23. The molecule has 0 atom stereocenters. The molecule has 5 heteroatoms. The molecule has 1 fully saturated rings. The molecular weight excluding hydrogens is 320 g/mol. The van der Waals surface area contributed by atoms with Crippen LogP contribution in [0.1, 0.15) is 18.4 Å². The Morgan fingerprint density at radius 1 is 1.20 bits per heavy atom. The van der Waals surface area contributed by atoms with Crippen LogP contribution >= 0.6 is 15.9 Å². The summed E-state index contributed by atoms with van der Waals surface area (Å²) in [6.45, 7) is 0.918. The number of halogens is 1. The van der Waals surface area contributed by atoms with E-state index in [4.69, 9.17) is 0 Å². The molecule has 2 amide bonds. The molecule has 0 heterocycles. The monoisotopic (exact) mass is 336 g/mol. The highest BCUT2D eigenvalue weighted by atomic mass is 79.9. The summed E-state index contributed by atoms with van der Waals surface area (Å²) in [5, 5.41) is 5.53. The topological polar surface area (TPSA) is 58.2 Å². The van der Waals surface area contributed by atoms with Gasteiger partial charge in [0.15, 0.2) is 0 Å². The third-order valence-electron chi connectivity index (χ3n) is 2.99. The van der Waals surface area contributed by atoms with Gasteiger partial charge in [-0.1, -0.05) is 34.1 Å². The summed E-state index contributed by atoms with van der Waals surface area (Å²) in [7, 11) is 0. The van der Waals surface area contributed by atoms with E-state index in [2.05, 4.69) is 26.6 Å². The van der Waals surface area contributed by atoms with Gasteiger partial charge < -0.3 is 10.6 Å². The summed E-state index contributed by atoms with van der Waals surface area (Å²) in [5.74, 6) is 0.144. The van der Waals surface area contributed by atoms with Crippen LogP contribution in [-0.4, -0.2) is 24.9 Å². The molecule has 0 bridgehead atoms. The largest absolute Gasteiger partial charge is 0.354 e. The fourth-order valence-corrected chi connectivity index (χ4v) is 2.11. The molecule has 0 unspecified atom stereocenters. The van der Waals surface area contributed by atoms with Crippen LogP contribution in [0.25, 0.3) is 6.08 Å². The Hall–Kier alpha value is -1.62. The van der Waals surface area contributed by atoms with Crippen molar-refractivity contribution in [1.29, 1.82) is 0 Å². The van der Waals surface area contributed by atoms with E-state index in [-0.39, 0.29) is 17.7 Å². The lowest BCUT2D eigenvalue weighted by Crippen LogP contribution is -2.34. The van der Waals surface area contributed by atoms with Gasteiger partial charge in [0.25, 0.3) is 0 Å². The molecule has 2 rings (SSSR count). The molecule has 1 saturated carbocycles. The summed E-state index contributed by atoms with van der Waals surface area (Å²) in [4.78, 5) is 22.9. The Morgan fingerprint density at radius 3 is 2.60 bits per heavy atom. The van der Waals surface area contributed by atoms with Crippen LogP contribution in [0.2, 0.25) is 0 Å². The number of carbonyl (C=O) groups is 2. The molecule has 106 valence electrons. The lowest BCUT2D eigenvalue weighted by atomic mass is 10.2. The lowest BCUT2D eigenvalue weighted by Gasteiger charge is -2.04. The molecule has 1 aromatic rings. The molecule has 0 saturated heterocycles. The van der Waals surface area contributed by atoms with Crippen molar-refractivity contribution < 1.29 is 9.59 Å². The van der Waals surface area contributed by atoms with Crippen LogP contribution in [0.4, 0.5) is 0 Å². The molecular formula is C15H17BrN2O2. The van der Waals surface area contributed by atoms with Gasteiger partial charge in [0, 0.05) is 29.6 Å². The van der Waals surface area contributed by atoms with Gasteiger partial charge in [0.05, 0.1) is 0 Å². The maximum Gasteiger partial charge on any atom is 0.244 e. The van der Waals surface area contributed by atoms with E-state index in [1.807, 2.05) is 24.3 Å². The number of hydrogen-bond acceptors (Lipinski definition) is 2. The third kappa shape index (κ3) is 4.81. The van der Waals surface area contributed by atoms with E-state index in [1.165, 1.54) is 6.08 Å². The molecule has 0 aromatic heterocycles. The number of hydrogen-bond donors (Lipinski definition) is 2. The Bertz CT molecular complexity index is 524. The standard InChI is InChI=1S/C15H17BrN2O2/c16-13-4-2-1-3-11(13)7-8-14(19)17-9-10-18-15(20)12-5-6-12/h1-4,7-8,12H,5-6,9-10H2,(H,17,19)(H,18,20). The van der Waals surface area contributed by atoms with Crippen molar-refractivity contribution in [3.63, 3.8) is 0 Å². The molecule has 2 N–H and O–H groups in total. The van der Waals surface area contributed by atoms with Crippen LogP contribution in [-0.2, 0) is 9.59 Å². The highest BCUT2D eigenvalue weighted by Gasteiger charge is 2.28. The molecule has 20 heavy (non-hydrogen) atoms. The zero-order valence-electron chi connectivity index (χ0n) is 11.1. The smallest absolute Gasteiger partial charge is 0.244 e. The molecule has 4 nitrogen and oxygen atoms in total. The summed E-state index contributed by atoms with van der Waals surface area (Å²) in [5.41, 5.74) is 0.949. The van der Waals surface area contributed by atoms with E-state index in [0.717, 1.165) is 22.9 Å². The van der Waals surface area contributed by atoms with E-state index < -0.39 is 0 Å². The first-order chi connectivity index (χ1) is 9.66. The minimum Gasteiger partial charge on any atom is -0.354 e. The minimum atomic E-state index is -0.165. The van der Waals surface area contributed by atoms with Gasteiger partial charge in [-0.2, -0.15) is 0 Å². The summed E-state index contributed by atoms with van der Waals surface area (Å²) >= 11 is 3.42. The molecule has 0 aliphatic heterocycles. The van der Waals surface area contributed by atoms with E-state index >= 15 is 0 Å². The number of carbonyl (C=O) groups excluding carboxylic acids is 2. The Labute approximate surface area is 126 Å². The summed E-state index contributed by atoms with van der Waals surface area (Å²) in [6, 6.07) is 7.68. The Morgan fingerprint density at radius 2 is 1.90 bits per heavy atom. The van der Waals surface area contributed by atoms with Crippen molar-refractivity contribution in [2.45, 2.75) is 12.8 Å². The lowest BCUT2D eigenvalue weighted by molar-refractivity contribution is -0.122. The first-order valence-corrected chi connectivity index (χ1v) is 7.44. The number of nitrogens with one attached hydrogen (secondary N) is 2. The first kappa shape index (κ1) is 14.8. The van der Waals surface area contributed by atoms with Crippen molar-refractivity contribution >= 4 is 33.8 Å². The van der Waals surface area contributed by atoms with Gasteiger partial charge in [-0.25, -0.2) is 0 Å². The summed E-state index contributed by atoms with van der Waals surface area (Å²) < 4.78 is 0.945. The van der Waals surface area contributed by atoms with Crippen molar-refractivity contribution in [3.05, 3.63) is 40.4 Å². The molecule has 1 aromatic carbocycles. The van der Waals surface area contributed by atoms with Crippen LogP contribution in [0.15, 0.2) is 34.8 Å². The zero-order valence-corrected chi connectivity index (χ0v) is 12.7. The second kappa shape index (κ2) is 7.24. The third-order valence-corrected chi connectivity index (χ3v) is 3.71. The second-order valence-electron chi connectivity index (χ2n) is 4.71. The average Bonchev–Trinajstić information content (AvgIpc) is 3.27. The van der Waals surface area contributed by atoms with E-state index in [1.54, 1.807) is 6.08 Å². The average molecular weight is 337 g/mol. The van der Waals surface area contributed by atoms with Crippen LogP contribution in [0.3, 0.4) is 0 Å². The van der Waals surface area contributed by atoms with Gasteiger partial charge in [-0.3, -0.25) is 9.59 Å². The van der Waals surface area contributed by atoms with Crippen molar-refractivity contribution in [1.82, 2.24) is 10.6 Å². The second-order valence-corrected chi connectivity index (χ2v) is 5.57. The molecule has 1 aliphatic carbocycles. The van der Waals surface area contributed by atoms with E-state index in [0.29, 0.717) is 13.1 Å². The number of rotatable bonds is 6. The van der Waals surface area contributed by atoms with E-state index in [9.17, 15) is 9.59 Å². The SMILES string of the molecule is O=C(C=Cc1ccccc1Br)NCCNC(=O)C1CC1. The minimum absolute atomic E-state index is 0.100.